The van der Waals surface area contributed by atoms with E-state index in [2.05, 4.69) is 11.8 Å². The zero-order valence-corrected chi connectivity index (χ0v) is 22.5. The number of fused-ring (bicyclic) bond motifs is 2. The lowest BCUT2D eigenvalue weighted by molar-refractivity contribution is 0.0353. The highest BCUT2D eigenvalue weighted by Gasteiger charge is 2.42. The van der Waals surface area contributed by atoms with Gasteiger partial charge in [-0.2, -0.15) is 0 Å². The van der Waals surface area contributed by atoms with Gasteiger partial charge < -0.3 is 23.5 Å². The molecule has 2 aliphatic rings. The van der Waals surface area contributed by atoms with Crippen molar-refractivity contribution in [2.45, 2.75) is 39.2 Å². The second-order valence-corrected chi connectivity index (χ2v) is 9.86. The largest absolute Gasteiger partial charge is 0.490 e. The summed E-state index contributed by atoms with van der Waals surface area (Å²) in [6.07, 6.45) is 2.64. The molecule has 0 radical (unpaired) electrons. The van der Waals surface area contributed by atoms with E-state index in [0.29, 0.717) is 50.0 Å². The van der Waals surface area contributed by atoms with Gasteiger partial charge in [-0.15, -0.1) is 0 Å². The second kappa shape index (κ2) is 12.2. The zero-order valence-electron chi connectivity index (χ0n) is 22.5. The van der Waals surface area contributed by atoms with E-state index in [1.54, 1.807) is 4.90 Å². The van der Waals surface area contributed by atoms with E-state index in [-0.39, 0.29) is 28.2 Å². The maximum Gasteiger partial charge on any atom is 0.290 e. The standard InChI is InChI=1S/C30H35FN2O6/c1-3-5-15-38-24-9-7-20(18-25(24)37-4-2)27-26-28(34)22-19-21(31)8-10-23(22)39-29(26)30(35)33(27)12-6-11-32-13-16-36-17-14-32/h7-10,18-19,27H,3-6,11-17H2,1-2H3. The highest BCUT2D eigenvalue weighted by molar-refractivity contribution is 5.99. The Morgan fingerprint density at radius 1 is 0.974 bits per heavy atom. The third-order valence-corrected chi connectivity index (χ3v) is 7.24. The molecule has 2 aromatic carbocycles. The molecule has 1 atom stereocenters. The number of morpholine rings is 1. The lowest BCUT2D eigenvalue weighted by Crippen LogP contribution is -2.38. The number of hydrogen-bond acceptors (Lipinski definition) is 7. The normalized spacial score (nSPS) is 17.6. The SMILES string of the molecule is CCCCOc1ccc(C2c3c(oc4ccc(F)cc4c3=O)C(=O)N2CCCN2CCOCC2)cc1OCC. The molecule has 1 unspecified atom stereocenters. The van der Waals surface area contributed by atoms with Gasteiger partial charge >= 0.3 is 0 Å². The molecule has 0 saturated carbocycles. The molecule has 5 rings (SSSR count). The van der Waals surface area contributed by atoms with Gasteiger partial charge in [-0.1, -0.05) is 19.4 Å². The maximum absolute atomic E-state index is 14.1. The molecule has 8 nitrogen and oxygen atoms in total. The fraction of sp³-hybridized carbons (Fsp3) is 0.467. The number of hydrogen-bond donors (Lipinski definition) is 0. The van der Waals surface area contributed by atoms with E-state index >= 15 is 0 Å². The molecule has 1 amide bonds. The molecule has 1 aromatic heterocycles. The van der Waals surface area contributed by atoms with Crippen LogP contribution in [0.2, 0.25) is 0 Å². The van der Waals surface area contributed by atoms with Gasteiger partial charge in [-0.05, 0) is 55.7 Å². The molecular weight excluding hydrogens is 503 g/mol. The van der Waals surface area contributed by atoms with E-state index in [1.165, 1.54) is 18.2 Å². The smallest absolute Gasteiger partial charge is 0.290 e. The van der Waals surface area contributed by atoms with Crippen LogP contribution in [0.3, 0.4) is 0 Å². The summed E-state index contributed by atoms with van der Waals surface area (Å²) >= 11 is 0. The minimum Gasteiger partial charge on any atom is -0.490 e. The molecular formula is C30H35FN2O6. The first-order valence-corrected chi connectivity index (χ1v) is 13.8. The van der Waals surface area contributed by atoms with Gasteiger partial charge in [0.1, 0.15) is 11.4 Å². The molecule has 0 aliphatic carbocycles. The minimum atomic E-state index is -0.690. The predicted octanol–water partition coefficient (Wildman–Crippen LogP) is 4.78. The topological polar surface area (TPSA) is 81.5 Å². The number of rotatable bonds is 11. The number of nitrogens with zero attached hydrogens (tertiary/aromatic N) is 2. The first-order chi connectivity index (χ1) is 19.0. The van der Waals surface area contributed by atoms with Crippen molar-refractivity contribution in [3.8, 4) is 11.5 Å². The fourth-order valence-electron chi connectivity index (χ4n) is 5.27. The van der Waals surface area contributed by atoms with Gasteiger partial charge in [0.05, 0.1) is 43.4 Å². The van der Waals surface area contributed by atoms with Crippen LogP contribution in [0.4, 0.5) is 4.39 Å². The van der Waals surface area contributed by atoms with Gasteiger partial charge in [0, 0.05) is 26.2 Å². The summed E-state index contributed by atoms with van der Waals surface area (Å²) in [7, 11) is 0. The maximum atomic E-state index is 14.1. The average molecular weight is 539 g/mol. The molecule has 2 aliphatic heterocycles. The van der Waals surface area contributed by atoms with Crippen LogP contribution in [0.5, 0.6) is 11.5 Å². The van der Waals surface area contributed by atoms with Crippen LogP contribution in [0.15, 0.2) is 45.6 Å². The lowest BCUT2D eigenvalue weighted by Gasteiger charge is -2.29. The monoisotopic (exact) mass is 538 g/mol. The van der Waals surface area contributed by atoms with Crippen molar-refractivity contribution in [3.05, 3.63) is 69.3 Å². The number of benzene rings is 2. The van der Waals surface area contributed by atoms with Gasteiger partial charge in [-0.3, -0.25) is 14.5 Å². The van der Waals surface area contributed by atoms with Crippen LogP contribution >= 0.6 is 0 Å². The number of halogens is 1. The van der Waals surface area contributed by atoms with Crippen molar-refractivity contribution in [1.29, 1.82) is 0 Å². The Balaban J connectivity index is 1.54. The van der Waals surface area contributed by atoms with Crippen molar-refractivity contribution in [2.24, 2.45) is 0 Å². The average Bonchev–Trinajstić information content (AvgIpc) is 3.22. The Labute approximate surface area is 227 Å². The number of unbranched alkanes of at least 4 members (excludes halogenated alkanes) is 1. The van der Waals surface area contributed by atoms with E-state index in [4.69, 9.17) is 18.6 Å². The van der Waals surface area contributed by atoms with Crippen LogP contribution in [0.1, 0.15) is 60.8 Å². The zero-order chi connectivity index (χ0) is 27.4. The fourth-order valence-corrected chi connectivity index (χ4v) is 5.27. The predicted molar refractivity (Wildman–Crippen MR) is 145 cm³/mol. The van der Waals surface area contributed by atoms with Gasteiger partial charge in [0.15, 0.2) is 16.9 Å². The van der Waals surface area contributed by atoms with Crippen LogP contribution in [-0.4, -0.2) is 68.3 Å². The molecule has 39 heavy (non-hydrogen) atoms. The number of ether oxygens (including phenoxy) is 3. The van der Waals surface area contributed by atoms with Crippen molar-refractivity contribution in [3.63, 3.8) is 0 Å². The van der Waals surface area contributed by atoms with E-state index in [0.717, 1.165) is 38.9 Å². The minimum absolute atomic E-state index is 0.0108. The molecule has 1 saturated heterocycles. The molecule has 0 N–H and O–H groups in total. The van der Waals surface area contributed by atoms with Crippen LogP contribution < -0.4 is 14.9 Å². The Hall–Kier alpha value is -3.43. The number of amides is 1. The van der Waals surface area contributed by atoms with Gasteiger partial charge in [-0.25, -0.2) is 4.39 Å². The summed E-state index contributed by atoms with van der Waals surface area (Å²) in [6, 6.07) is 8.62. The van der Waals surface area contributed by atoms with Crippen LogP contribution in [-0.2, 0) is 4.74 Å². The second-order valence-electron chi connectivity index (χ2n) is 9.86. The molecule has 3 heterocycles. The van der Waals surface area contributed by atoms with Crippen LogP contribution in [0.25, 0.3) is 11.0 Å². The Bertz CT molecular complexity index is 1380. The molecule has 208 valence electrons. The summed E-state index contributed by atoms with van der Waals surface area (Å²) in [6.45, 7) is 9.32. The van der Waals surface area contributed by atoms with Crippen molar-refractivity contribution >= 4 is 16.9 Å². The van der Waals surface area contributed by atoms with Gasteiger partial charge in [0.2, 0.25) is 5.76 Å². The third-order valence-electron chi connectivity index (χ3n) is 7.24. The number of carbonyl (C=O) groups excluding carboxylic acids is 1. The quantitative estimate of drug-likeness (QED) is 0.325. The van der Waals surface area contributed by atoms with Gasteiger partial charge in [0.25, 0.3) is 5.91 Å². The summed E-state index contributed by atoms with van der Waals surface area (Å²) < 4.78 is 37.3. The van der Waals surface area contributed by atoms with Crippen molar-refractivity contribution < 1.29 is 27.8 Å². The lowest BCUT2D eigenvalue weighted by atomic mass is 9.98. The van der Waals surface area contributed by atoms with E-state index in [1.807, 2.05) is 25.1 Å². The molecule has 1 fully saturated rings. The summed E-state index contributed by atoms with van der Waals surface area (Å²) in [5.41, 5.74) is 0.729. The molecule has 9 heteroatoms. The van der Waals surface area contributed by atoms with E-state index in [9.17, 15) is 14.0 Å². The van der Waals surface area contributed by atoms with Crippen molar-refractivity contribution in [1.82, 2.24) is 9.80 Å². The molecule has 0 spiro atoms. The number of carbonyl (C=O) groups is 1. The summed E-state index contributed by atoms with van der Waals surface area (Å²) in [5, 5.41) is 0.117. The Kier molecular flexibility index (Phi) is 8.47. The molecule has 3 aromatic rings. The highest BCUT2D eigenvalue weighted by Crippen LogP contribution is 2.41. The summed E-state index contributed by atoms with van der Waals surface area (Å²) in [4.78, 5) is 31.4. The molecule has 0 bridgehead atoms. The summed E-state index contributed by atoms with van der Waals surface area (Å²) in [5.74, 6) is 0.296. The van der Waals surface area contributed by atoms with Crippen molar-refractivity contribution in [2.75, 3.05) is 52.6 Å². The Morgan fingerprint density at radius 3 is 2.56 bits per heavy atom. The highest BCUT2D eigenvalue weighted by atomic mass is 19.1. The third kappa shape index (κ3) is 5.65. The van der Waals surface area contributed by atoms with Crippen LogP contribution in [0, 0.1) is 5.82 Å². The first-order valence-electron chi connectivity index (χ1n) is 13.8. The Morgan fingerprint density at radius 2 is 1.79 bits per heavy atom. The van der Waals surface area contributed by atoms with E-state index < -0.39 is 17.3 Å². The first kappa shape index (κ1) is 27.1.